The predicted octanol–water partition coefficient (Wildman–Crippen LogP) is 6.10. The molecule has 4 rings (SSSR count). The summed E-state index contributed by atoms with van der Waals surface area (Å²) in [6, 6.07) is 1.02. The Labute approximate surface area is 235 Å². The molecule has 1 aromatic heterocycles. The number of benzene rings is 1. The average Bonchev–Trinajstić information content (AvgIpc) is 3.36. The molecule has 2 aliphatic heterocycles. The molecule has 0 bridgehead atoms. The number of piperidine rings is 1. The summed E-state index contributed by atoms with van der Waals surface area (Å²) in [4.78, 5) is 25.1. The molecule has 7 nitrogen and oxygen atoms in total. The van der Waals surface area contributed by atoms with Crippen molar-refractivity contribution in [3.8, 4) is 0 Å². The van der Waals surface area contributed by atoms with Crippen LogP contribution in [0.15, 0.2) is 35.7 Å². The number of carbonyl (C=O) groups is 1. The number of carbonyl (C=O) groups excluding carboxylic acids is 1. The molecule has 2 aliphatic rings. The molecule has 2 unspecified atom stereocenters. The van der Waals surface area contributed by atoms with E-state index in [2.05, 4.69) is 15.1 Å². The fourth-order valence-electron chi connectivity index (χ4n) is 5.85. The minimum Gasteiger partial charge on any atom is -0.337 e. The van der Waals surface area contributed by atoms with Gasteiger partial charge in [0, 0.05) is 69.7 Å². The number of aromatic nitrogens is 2. The van der Waals surface area contributed by atoms with Gasteiger partial charge in [-0.3, -0.25) is 9.80 Å². The summed E-state index contributed by atoms with van der Waals surface area (Å²) in [7, 11) is 1.83. The summed E-state index contributed by atoms with van der Waals surface area (Å²) in [5.41, 5.74) is -2.09. The van der Waals surface area contributed by atoms with E-state index >= 15 is 0 Å². The molecular weight excluding hydrogens is 550 g/mol. The Morgan fingerprint density at radius 1 is 0.951 bits per heavy atom. The Morgan fingerprint density at radius 3 is 1.90 bits per heavy atom. The second kappa shape index (κ2) is 11.8. The van der Waals surface area contributed by atoms with Gasteiger partial charge in [-0.1, -0.05) is 13.8 Å². The average molecular weight is 585 g/mol. The van der Waals surface area contributed by atoms with Crippen LogP contribution in [0, 0.1) is 0 Å². The van der Waals surface area contributed by atoms with Crippen LogP contribution in [-0.2, 0) is 23.7 Å². The molecule has 0 N–H and O–H groups in total. The minimum absolute atomic E-state index is 0.0342. The molecule has 1 fully saturated rings. The van der Waals surface area contributed by atoms with Crippen molar-refractivity contribution in [2.45, 2.75) is 89.4 Å². The van der Waals surface area contributed by atoms with Gasteiger partial charge in [0.05, 0.1) is 11.1 Å². The lowest BCUT2D eigenvalue weighted by Gasteiger charge is -2.48. The molecule has 0 aliphatic carbocycles. The Kier molecular flexibility index (Phi) is 8.84. The second-order valence-electron chi connectivity index (χ2n) is 10.7. The Morgan fingerprint density at radius 2 is 1.49 bits per heavy atom. The molecule has 0 spiro atoms. The molecule has 224 valence electrons. The largest absolute Gasteiger partial charge is 0.416 e. The molecule has 13 heteroatoms. The van der Waals surface area contributed by atoms with Gasteiger partial charge in [-0.25, -0.2) is 9.97 Å². The van der Waals surface area contributed by atoms with Crippen LogP contribution in [0.4, 0.5) is 32.3 Å². The van der Waals surface area contributed by atoms with Gasteiger partial charge in [-0.2, -0.15) is 31.4 Å². The van der Waals surface area contributed by atoms with E-state index in [0.717, 1.165) is 17.7 Å². The molecule has 1 amide bonds. The van der Waals surface area contributed by atoms with E-state index in [1.807, 2.05) is 25.8 Å². The van der Waals surface area contributed by atoms with Crippen LogP contribution in [0.5, 0.6) is 0 Å². The van der Waals surface area contributed by atoms with Crippen LogP contribution >= 0.6 is 0 Å². The van der Waals surface area contributed by atoms with E-state index in [1.165, 1.54) is 6.92 Å². The van der Waals surface area contributed by atoms with Crippen molar-refractivity contribution in [2.24, 2.45) is 5.10 Å². The van der Waals surface area contributed by atoms with E-state index in [4.69, 9.17) is 0 Å². The van der Waals surface area contributed by atoms with Crippen LogP contribution in [0.1, 0.15) is 74.6 Å². The van der Waals surface area contributed by atoms with E-state index in [9.17, 15) is 31.1 Å². The second-order valence-corrected chi connectivity index (χ2v) is 10.7. The summed E-state index contributed by atoms with van der Waals surface area (Å²) < 4.78 is 81.8. The SMILES string of the molecule is CC[C@@H]1CC(N(Cc2cc(C(F)(F)F)cc(C(F)(F)F)c2)c2ncc(C3C=NN(C)C3)cn2)C[C@H](CC)N1C(C)=O. The minimum atomic E-state index is -4.96. The van der Waals surface area contributed by atoms with Crippen molar-refractivity contribution in [1.82, 2.24) is 19.9 Å². The number of rotatable bonds is 7. The number of amides is 1. The highest BCUT2D eigenvalue weighted by Gasteiger charge is 2.40. The van der Waals surface area contributed by atoms with Gasteiger partial charge >= 0.3 is 12.4 Å². The number of halogens is 6. The molecule has 4 atom stereocenters. The first kappa shape index (κ1) is 30.6. The number of likely N-dealkylation sites (tertiary alicyclic amines) is 1. The third-order valence-electron chi connectivity index (χ3n) is 7.87. The Balaban J connectivity index is 1.75. The van der Waals surface area contributed by atoms with Gasteiger partial charge in [0.25, 0.3) is 0 Å². The maximum Gasteiger partial charge on any atom is 0.416 e. The van der Waals surface area contributed by atoms with Crippen molar-refractivity contribution in [3.05, 3.63) is 52.8 Å². The topological polar surface area (TPSA) is 64.9 Å². The first-order valence-electron chi connectivity index (χ1n) is 13.6. The van der Waals surface area contributed by atoms with Gasteiger partial charge in [-0.05, 0) is 55.0 Å². The molecule has 0 radical (unpaired) electrons. The Hall–Kier alpha value is -3.38. The highest BCUT2D eigenvalue weighted by Crippen LogP contribution is 2.38. The highest BCUT2D eigenvalue weighted by atomic mass is 19.4. The third-order valence-corrected chi connectivity index (χ3v) is 7.87. The van der Waals surface area contributed by atoms with E-state index < -0.39 is 23.5 Å². The van der Waals surface area contributed by atoms with Crippen LogP contribution in [0.25, 0.3) is 0 Å². The monoisotopic (exact) mass is 584 g/mol. The van der Waals surface area contributed by atoms with Gasteiger partial charge < -0.3 is 9.80 Å². The number of hydrogen-bond acceptors (Lipinski definition) is 6. The van der Waals surface area contributed by atoms with Crippen LogP contribution in [0.3, 0.4) is 0 Å². The molecule has 2 aromatic rings. The maximum atomic E-state index is 13.6. The molecule has 0 saturated carbocycles. The van der Waals surface area contributed by atoms with E-state index in [0.29, 0.717) is 32.2 Å². The van der Waals surface area contributed by atoms with Crippen LogP contribution in [0.2, 0.25) is 0 Å². The quantitative estimate of drug-likeness (QED) is 0.368. The van der Waals surface area contributed by atoms with E-state index in [1.54, 1.807) is 28.5 Å². The fraction of sp³-hybridized carbons (Fsp3) is 0.571. The van der Waals surface area contributed by atoms with Crippen LogP contribution in [-0.4, -0.2) is 63.7 Å². The first-order chi connectivity index (χ1) is 19.2. The van der Waals surface area contributed by atoms with Crippen LogP contribution < -0.4 is 4.90 Å². The summed E-state index contributed by atoms with van der Waals surface area (Å²) in [5, 5.41) is 5.99. The lowest BCUT2D eigenvalue weighted by molar-refractivity contribution is -0.143. The fourth-order valence-corrected chi connectivity index (χ4v) is 5.85. The number of anilines is 1. The molecule has 3 heterocycles. The maximum absolute atomic E-state index is 13.6. The zero-order valence-electron chi connectivity index (χ0n) is 23.4. The molecular formula is C28H34F6N6O. The van der Waals surface area contributed by atoms with Gasteiger partial charge in [0.15, 0.2) is 0 Å². The highest BCUT2D eigenvalue weighted by molar-refractivity contribution is 5.74. The predicted molar refractivity (Wildman–Crippen MR) is 142 cm³/mol. The zero-order chi connectivity index (χ0) is 30.1. The number of hydrazone groups is 1. The summed E-state index contributed by atoms with van der Waals surface area (Å²) in [6.07, 6.45) is -2.65. The van der Waals surface area contributed by atoms with Gasteiger partial charge in [0.2, 0.25) is 11.9 Å². The summed E-state index contributed by atoms with van der Waals surface area (Å²) >= 11 is 0. The standard InChI is InChI=1S/C28H34F6N6O/c1-5-23-10-25(11-24(6-2)40(23)17(3)41)39(26-35-12-19(13-36-26)20-14-37-38(4)16-20)15-18-7-21(27(29,30)31)9-22(8-18)28(32,33)34/h7-9,12-14,20,23-25H,5-6,10-11,15-16H2,1-4H3/t20?,23-,24+,25?. The lowest BCUT2D eigenvalue weighted by atomic mass is 9.87. The van der Waals surface area contributed by atoms with Crippen molar-refractivity contribution < 1.29 is 31.1 Å². The number of hydrogen-bond donors (Lipinski definition) is 0. The Bertz CT molecular complexity index is 1200. The number of likely N-dealkylation sites (N-methyl/N-ethyl adjacent to an activating group) is 1. The zero-order valence-corrected chi connectivity index (χ0v) is 23.4. The van der Waals surface area contributed by atoms with Gasteiger partial charge in [-0.15, -0.1) is 0 Å². The normalized spacial score (nSPS) is 23.3. The van der Waals surface area contributed by atoms with Crippen molar-refractivity contribution in [2.75, 3.05) is 18.5 Å². The van der Waals surface area contributed by atoms with E-state index in [-0.39, 0.29) is 54.1 Å². The van der Waals surface area contributed by atoms with Crippen molar-refractivity contribution in [1.29, 1.82) is 0 Å². The lowest BCUT2D eigenvalue weighted by Crippen LogP contribution is -2.56. The summed E-state index contributed by atoms with van der Waals surface area (Å²) in [6.45, 7) is 5.78. The van der Waals surface area contributed by atoms with Crippen molar-refractivity contribution in [3.63, 3.8) is 0 Å². The molecule has 1 aromatic carbocycles. The smallest absolute Gasteiger partial charge is 0.337 e. The molecule has 1 saturated heterocycles. The third kappa shape index (κ3) is 6.92. The van der Waals surface area contributed by atoms with Crippen molar-refractivity contribution >= 4 is 18.1 Å². The first-order valence-corrected chi connectivity index (χ1v) is 13.6. The van der Waals surface area contributed by atoms with Gasteiger partial charge in [0.1, 0.15) is 0 Å². The molecule has 41 heavy (non-hydrogen) atoms. The number of nitrogens with zero attached hydrogens (tertiary/aromatic N) is 6. The summed E-state index contributed by atoms with van der Waals surface area (Å²) in [5.74, 6) is 0.104. The number of alkyl halides is 6.